The van der Waals surface area contributed by atoms with Crippen molar-refractivity contribution in [3.63, 3.8) is 0 Å². The summed E-state index contributed by atoms with van der Waals surface area (Å²) in [6, 6.07) is 13.3. The lowest BCUT2D eigenvalue weighted by Crippen LogP contribution is -2.49. The van der Waals surface area contributed by atoms with Gasteiger partial charge in [0.25, 0.3) is 5.91 Å². The molecule has 1 fully saturated rings. The van der Waals surface area contributed by atoms with Crippen LogP contribution in [0.15, 0.2) is 71.6 Å². The van der Waals surface area contributed by atoms with Crippen molar-refractivity contribution in [1.29, 1.82) is 0 Å². The summed E-state index contributed by atoms with van der Waals surface area (Å²) in [6.45, 7) is 1.66. The zero-order valence-electron chi connectivity index (χ0n) is 19.8. The zero-order valence-corrected chi connectivity index (χ0v) is 19.8. The maximum absolute atomic E-state index is 13.7. The highest BCUT2D eigenvalue weighted by Gasteiger charge is 2.34. The number of pyridine rings is 1. The number of aryl methyl sites for hydroxylation is 1. The third-order valence-electron chi connectivity index (χ3n) is 6.19. The molecule has 182 valence electrons. The predicted molar refractivity (Wildman–Crippen MR) is 132 cm³/mol. The maximum Gasteiger partial charge on any atom is 0.287 e. The van der Waals surface area contributed by atoms with E-state index in [2.05, 4.69) is 15.6 Å². The molecule has 8 heteroatoms. The molecule has 2 N–H and O–H groups in total. The molecule has 0 bridgehead atoms. The Kier molecular flexibility index (Phi) is 7.92. The second kappa shape index (κ2) is 11.5. The van der Waals surface area contributed by atoms with Crippen LogP contribution in [0.3, 0.4) is 0 Å². The lowest BCUT2D eigenvalue weighted by molar-refractivity contribution is -0.127. The van der Waals surface area contributed by atoms with Gasteiger partial charge in [-0.2, -0.15) is 0 Å². The minimum Gasteiger partial charge on any atom is -0.459 e. The summed E-state index contributed by atoms with van der Waals surface area (Å²) in [5.74, 6) is -1.10. The molecule has 2 heterocycles. The Labute approximate surface area is 204 Å². The van der Waals surface area contributed by atoms with Crippen LogP contribution in [0.2, 0.25) is 0 Å². The standard InChI is InChI=1S/C27H30N4O4/c1-19-11-13-20(14-12-19)25(27(34)30-21-7-3-2-4-8-21)31(22-9-5-15-28-17-22)24(32)18-29-26(33)23-10-6-16-35-23/h5-6,9-17,21,25H,2-4,7-8,18H2,1H3,(H,29,33)(H,30,34). The number of amides is 3. The molecule has 4 rings (SSSR count). The lowest BCUT2D eigenvalue weighted by Gasteiger charge is -2.33. The van der Waals surface area contributed by atoms with Gasteiger partial charge in [0, 0.05) is 12.2 Å². The van der Waals surface area contributed by atoms with Crippen LogP contribution < -0.4 is 15.5 Å². The molecule has 3 amide bonds. The molecule has 1 aliphatic rings. The van der Waals surface area contributed by atoms with Crippen LogP contribution in [0.5, 0.6) is 0 Å². The number of nitrogens with zero attached hydrogens (tertiary/aromatic N) is 2. The van der Waals surface area contributed by atoms with E-state index in [1.807, 2.05) is 31.2 Å². The first-order chi connectivity index (χ1) is 17.0. The molecule has 35 heavy (non-hydrogen) atoms. The molecule has 0 spiro atoms. The Morgan fingerprint density at radius 3 is 2.49 bits per heavy atom. The molecule has 2 aromatic heterocycles. The maximum atomic E-state index is 13.7. The highest BCUT2D eigenvalue weighted by atomic mass is 16.3. The summed E-state index contributed by atoms with van der Waals surface area (Å²) in [5.41, 5.74) is 2.19. The van der Waals surface area contributed by atoms with E-state index in [4.69, 9.17) is 4.42 Å². The van der Waals surface area contributed by atoms with Crippen molar-refractivity contribution in [3.8, 4) is 0 Å². The summed E-state index contributed by atoms with van der Waals surface area (Å²) in [6.07, 6.45) is 9.70. The lowest BCUT2D eigenvalue weighted by atomic mass is 9.94. The van der Waals surface area contributed by atoms with Gasteiger partial charge in [0.05, 0.1) is 24.7 Å². The van der Waals surface area contributed by atoms with E-state index < -0.39 is 17.9 Å². The molecule has 1 aliphatic carbocycles. The normalized spacial score (nSPS) is 14.7. The summed E-state index contributed by atoms with van der Waals surface area (Å²) in [7, 11) is 0. The summed E-state index contributed by atoms with van der Waals surface area (Å²) >= 11 is 0. The van der Waals surface area contributed by atoms with E-state index in [0.29, 0.717) is 11.3 Å². The van der Waals surface area contributed by atoms with Crippen molar-refractivity contribution in [2.45, 2.75) is 51.1 Å². The molecule has 0 saturated heterocycles. The van der Waals surface area contributed by atoms with Gasteiger partial charge in [-0.25, -0.2) is 0 Å². The predicted octanol–water partition coefficient (Wildman–Crippen LogP) is 3.94. The minimum atomic E-state index is -0.922. The molecule has 8 nitrogen and oxygen atoms in total. The van der Waals surface area contributed by atoms with Crippen LogP contribution in [-0.4, -0.2) is 35.3 Å². The number of benzene rings is 1. The van der Waals surface area contributed by atoms with Gasteiger partial charge in [0.1, 0.15) is 6.04 Å². The van der Waals surface area contributed by atoms with Crippen LogP contribution in [0, 0.1) is 6.92 Å². The Hall–Kier alpha value is -3.94. The number of anilines is 1. The first-order valence-corrected chi connectivity index (χ1v) is 11.9. The molecule has 1 atom stereocenters. The van der Waals surface area contributed by atoms with Crippen LogP contribution in [0.4, 0.5) is 5.69 Å². The smallest absolute Gasteiger partial charge is 0.287 e. The fourth-order valence-electron chi connectivity index (χ4n) is 4.36. The summed E-state index contributed by atoms with van der Waals surface area (Å²) in [5, 5.41) is 5.76. The third-order valence-corrected chi connectivity index (χ3v) is 6.19. The topological polar surface area (TPSA) is 105 Å². The third kappa shape index (κ3) is 6.15. The highest BCUT2D eigenvalue weighted by molar-refractivity contribution is 6.04. The van der Waals surface area contributed by atoms with Gasteiger partial charge in [-0.3, -0.25) is 24.3 Å². The average Bonchev–Trinajstić information content (AvgIpc) is 3.43. The van der Waals surface area contributed by atoms with E-state index >= 15 is 0 Å². The molecule has 0 aliphatic heterocycles. The molecule has 1 unspecified atom stereocenters. The van der Waals surface area contributed by atoms with Crippen LogP contribution in [0.25, 0.3) is 0 Å². The molecule has 0 radical (unpaired) electrons. The fraction of sp³-hybridized carbons (Fsp3) is 0.333. The number of furan rings is 1. The van der Waals surface area contributed by atoms with Gasteiger partial charge in [0.2, 0.25) is 11.8 Å². The van der Waals surface area contributed by atoms with E-state index in [0.717, 1.165) is 31.2 Å². The van der Waals surface area contributed by atoms with E-state index in [1.54, 1.807) is 30.6 Å². The largest absolute Gasteiger partial charge is 0.459 e. The average molecular weight is 475 g/mol. The second-order valence-corrected chi connectivity index (χ2v) is 8.79. The number of nitrogens with one attached hydrogen (secondary N) is 2. The van der Waals surface area contributed by atoms with Gasteiger partial charge >= 0.3 is 0 Å². The van der Waals surface area contributed by atoms with Crippen molar-refractivity contribution < 1.29 is 18.8 Å². The number of carbonyl (C=O) groups is 3. The van der Waals surface area contributed by atoms with Crippen molar-refractivity contribution in [1.82, 2.24) is 15.6 Å². The van der Waals surface area contributed by atoms with E-state index in [-0.39, 0.29) is 24.3 Å². The summed E-state index contributed by atoms with van der Waals surface area (Å²) in [4.78, 5) is 45.2. The Morgan fingerprint density at radius 2 is 1.83 bits per heavy atom. The van der Waals surface area contributed by atoms with Crippen LogP contribution in [0.1, 0.15) is 59.8 Å². The second-order valence-electron chi connectivity index (χ2n) is 8.79. The number of rotatable bonds is 8. The van der Waals surface area contributed by atoms with Crippen molar-refractivity contribution in [2.75, 3.05) is 11.4 Å². The fourth-order valence-corrected chi connectivity index (χ4v) is 4.36. The monoisotopic (exact) mass is 474 g/mol. The van der Waals surface area contributed by atoms with E-state index in [9.17, 15) is 14.4 Å². The Balaban J connectivity index is 1.65. The van der Waals surface area contributed by atoms with Crippen LogP contribution >= 0.6 is 0 Å². The Morgan fingerprint density at radius 1 is 1.06 bits per heavy atom. The molecule has 1 saturated carbocycles. The number of hydrogen-bond acceptors (Lipinski definition) is 5. The highest BCUT2D eigenvalue weighted by Crippen LogP contribution is 2.29. The number of carbonyl (C=O) groups excluding carboxylic acids is 3. The molecular weight excluding hydrogens is 444 g/mol. The van der Waals surface area contributed by atoms with Gasteiger partial charge in [-0.1, -0.05) is 49.1 Å². The number of hydrogen-bond donors (Lipinski definition) is 2. The van der Waals surface area contributed by atoms with Gasteiger partial charge < -0.3 is 15.1 Å². The minimum absolute atomic E-state index is 0.0775. The molecule has 3 aromatic rings. The number of aromatic nitrogens is 1. The van der Waals surface area contributed by atoms with Gasteiger partial charge in [-0.15, -0.1) is 0 Å². The summed E-state index contributed by atoms with van der Waals surface area (Å²) < 4.78 is 5.11. The van der Waals surface area contributed by atoms with Crippen molar-refractivity contribution in [3.05, 3.63) is 84.1 Å². The molecule has 1 aromatic carbocycles. The van der Waals surface area contributed by atoms with Gasteiger partial charge in [-0.05, 0) is 49.6 Å². The van der Waals surface area contributed by atoms with Crippen molar-refractivity contribution in [2.24, 2.45) is 0 Å². The van der Waals surface area contributed by atoms with Gasteiger partial charge in [0.15, 0.2) is 5.76 Å². The zero-order chi connectivity index (χ0) is 24.6. The van der Waals surface area contributed by atoms with E-state index in [1.165, 1.54) is 23.7 Å². The molecular formula is C27H30N4O4. The SMILES string of the molecule is Cc1ccc(C(C(=O)NC2CCCCC2)N(C(=O)CNC(=O)c2ccco2)c2cccnc2)cc1. The quantitative estimate of drug-likeness (QED) is 0.515. The van der Waals surface area contributed by atoms with Crippen molar-refractivity contribution >= 4 is 23.4 Å². The first kappa shape index (κ1) is 24.2. The Bertz CT molecular complexity index is 1120. The first-order valence-electron chi connectivity index (χ1n) is 11.9. The van der Waals surface area contributed by atoms with Crippen LogP contribution in [-0.2, 0) is 9.59 Å².